The van der Waals surface area contributed by atoms with Crippen LogP contribution in [0.4, 0.5) is 9.59 Å². The van der Waals surface area contributed by atoms with Gasteiger partial charge in [-0.15, -0.1) is 0 Å². The second-order valence-corrected chi connectivity index (χ2v) is 14.5. The van der Waals surface area contributed by atoms with Gasteiger partial charge < -0.3 is 45.4 Å². The van der Waals surface area contributed by atoms with Crippen molar-refractivity contribution in [3.8, 4) is 34.0 Å². The molecule has 4 amide bonds. The number of nitrogens with one attached hydrogen (secondary N) is 4. The van der Waals surface area contributed by atoms with E-state index >= 15 is 0 Å². The number of hydrogen-bond acceptors (Lipinski definition) is 7. The van der Waals surface area contributed by atoms with Crippen molar-refractivity contribution >= 4 is 24.0 Å². The molecule has 15 nitrogen and oxygen atoms in total. The minimum atomic E-state index is -1.27. The molecule has 2 fully saturated rings. The number of ether oxygens (including phenoxy) is 1. The molecular formula is C44H42N8O7. The molecule has 4 atom stereocenters. The molecule has 4 heterocycles. The predicted molar refractivity (Wildman–Crippen MR) is 216 cm³/mol. The van der Waals surface area contributed by atoms with Crippen LogP contribution < -0.4 is 15.4 Å². The lowest BCUT2D eigenvalue weighted by molar-refractivity contribution is -0.135. The summed E-state index contributed by atoms with van der Waals surface area (Å²) >= 11 is 0. The van der Waals surface area contributed by atoms with E-state index in [2.05, 4.69) is 30.6 Å². The molecule has 0 radical (unpaired) electrons. The minimum absolute atomic E-state index is 0.320. The Hall–Kier alpha value is -7.42. The number of aromatic amines is 2. The zero-order valence-corrected chi connectivity index (χ0v) is 31.8. The lowest BCUT2D eigenvalue weighted by atomic mass is 10.1. The molecule has 2 saturated heterocycles. The minimum Gasteiger partial charge on any atom is -0.465 e. The van der Waals surface area contributed by atoms with Crippen LogP contribution in [-0.2, 0) is 9.59 Å². The van der Waals surface area contributed by atoms with E-state index in [9.17, 15) is 29.4 Å². The van der Waals surface area contributed by atoms with Crippen LogP contribution in [0.25, 0.3) is 22.5 Å². The second-order valence-electron chi connectivity index (χ2n) is 14.5. The molecule has 0 aliphatic carbocycles. The van der Waals surface area contributed by atoms with Crippen LogP contribution in [0.2, 0.25) is 0 Å². The molecule has 2 aromatic heterocycles. The summed E-state index contributed by atoms with van der Waals surface area (Å²) < 4.78 is 6.15. The van der Waals surface area contributed by atoms with Crippen LogP contribution in [0.3, 0.4) is 0 Å². The van der Waals surface area contributed by atoms with Gasteiger partial charge in [0.25, 0.3) is 11.8 Å². The molecule has 0 saturated carbocycles. The summed E-state index contributed by atoms with van der Waals surface area (Å²) in [6, 6.07) is 30.1. The van der Waals surface area contributed by atoms with Crippen LogP contribution in [0.5, 0.6) is 11.5 Å². The number of hydrogen-bond donors (Lipinski definition) is 6. The highest BCUT2D eigenvalue weighted by molar-refractivity contribution is 5.88. The van der Waals surface area contributed by atoms with Crippen molar-refractivity contribution in [3.05, 3.63) is 144 Å². The lowest BCUT2D eigenvalue weighted by Gasteiger charge is -2.28. The van der Waals surface area contributed by atoms with Crippen LogP contribution in [0, 0.1) is 0 Å². The van der Waals surface area contributed by atoms with Crippen molar-refractivity contribution in [2.45, 2.75) is 49.9 Å². The number of amides is 4. The fourth-order valence-electron chi connectivity index (χ4n) is 7.92. The number of carbonyl (C=O) groups excluding carboxylic acids is 2. The number of rotatable bonds is 12. The van der Waals surface area contributed by atoms with Crippen LogP contribution in [0.15, 0.2) is 122 Å². The molecular weight excluding hydrogens is 753 g/mol. The van der Waals surface area contributed by atoms with Gasteiger partial charge in [0.15, 0.2) is 0 Å². The van der Waals surface area contributed by atoms with E-state index in [1.54, 1.807) is 70.7 Å². The molecule has 59 heavy (non-hydrogen) atoms. The van der Waals surface area contributed by atoms with E-state index in [0.29, 0.717) is 60.2 Å². The first-order valence-electron chi connectivity index (χ1n) is 19.4. The molecule has 6 N–H and O–H groups in total. The summed E-state index contributed by atoms with van der Waals surface area (Å²) in [6.07, 6.45) is 3.86. The van der Waals surface area contributed by atoms with E-state index in [4.69, 9.17) is 4.74 Å². The number of carbonyl (C=O) groups is 4. The summed E-state index contributed by atoms with van der Waals surface area (Å²) in [4.78, 5) is 70.0. The van der Waals surface area contributed by atoms with E-state index < -0.39 is 24.3 Å². The van der Waals surface area contributed by atoms with Gasteiger partial charge in [-0.05, 0) is 96.5 Å². The number of benzene rings is 4. The molecule has 2 aliphatic rings. The van der Waals surface area contributed by atoms with Crippen LogP contribution in [-0.4, -0.2) is 77.0 Å². The Bertz CT molecular complexity index is 2250. The zero-order valence-electron chi connectivity index (χ0n) is 31.8. The number of imidazole rings is 2. The predicted octanol–water partition coefficient (Wildman–Crippen LogP) is 7.60. The normalized spacial score (nSPS) is 17.3. The Kier molecular flexibility index (Phi) is 11.1. The number of likely N-dealkylation sites (tertiary alicyclic amines) is 2. The number of aromatic nitrogens is 4. The highest BCUT2D eigenvalue weighted by atomic mass is 16.5. The van der Waals surface area contributed by atoms with Crippen molar-refractivity contribution < 1.29 is 34.1 Å². The number of carboxylic acid groups (broad SMARTS) is 2. The van der Waals surface area contributed by atoms with Crippen LogP contribution >= 0.6 is 0 Å². The van der Waals surface area contributed by atoms with Gasteiger partial charge in [0.1, 0.15) is 35.2 Å². The molecule has 2 unspecified atom stereocenters. The quantitative estimate of drug-likeness (QED) is 0.0720. The van der Waals surface area contributed by atoms with Gasteiger partial charge in [0, 0.05) is 13.1 Å². The number of nitrogens with zero attached hydrogens (tertiary/aromatic N) is 4. The maximum atomic E-state index is 13.7. The second kappa shape index (κ2) is 17.0. The topological polar surface area (TPSA) is 206 Å². The molecule has 300 valence electrons. The summed E-state index contributed by atoms with van der Waals surface area (Å²) in [7, 11) is 0. The van der Waals surface area contributed by atoms with Crippen LogP contribution in [0.1, 0.15) is 72.6 Å². The molecule has 0 spiro atoms. The molecule has 2 aliphatic heterocycles. The SMILES string of the molecule is O=C(O)NC(C(=O)N1CCCC1c1ncc(-c2ccc(Oc3ccc(-c4cnc([C@@H]5CCCN5C(=O)[C@H](NC(=O)O)c5ccccc5)[nH]4)cc3)cc2)[nH]1)c1ccccc1. The molecule has 15 heteroatoms. The third-order valence-electron chi connectivity index (χ3n) is 10.8. The van der Waals surface area contributed by atoms with Crippen molar-refractivity contribution in [2.75, 3.05) is 13.1 Å². The van der Waals surface area contributed by atoms with Gasteiger partial charge in [-0.25, -0.2) is 19.6 Å². The van der Waals surface area contributed by atoms with E-state index in [1.807, 2.05) is 60.7 Å². The molecule has 8 rings (SSSR count). The van der Waals surface area contributed by atoms with E-state index in [0.717, 1.165) is 35.4 Å². The smallest absolute Gasteiger partial charge is 0.405 e. The maximum Gasteiger partial charge on any atom is 0.405 e. The van der Waals surface area contributed by atoms with Gasteiger partial charge in [0.2, 0.25) is 0 Å². The van der Waals surface area contributed by atoms with Gasteiger partial charge in [-0.3, -0.25) is 9.59 Å². The van der Waals surface area contributed by atoms with Gasteiger partial charge in [-0.2, -0.15) is 0 Å². The molecule has 4 aromatic carbocycles. The fraction of sp³-hybridized carbons (Fsp3) is 0.227. The van der Waals surface area contributed by atoms with Crippen molar-refractivity contribution in [1.82, 2.24) is 40.4 Å². The third kappa shape index (κ3) is 8.49. The average Bonchev–Trinajstić information content (AvgIpc) is 4.10. The highest BCUT2D eigenvalue weighted by Crippen LogP contribution is 2.36. The van der Waals surface area contributed by atoms with Gasteiger partial charge in [0.05, 0.1) is 35.9 Å². The summed E-state index contributed by atoms with van der Waals surface area (Å²) in [6.45, 7) is 0.986. The first-order chi connectivity index (χ1) is 28.7. The van der Waals surface area contributed by atoms with Crippen molar-refractivity contribution in [3.63, 3.8) is 0 Å². The third-order valence-corrected chi connectivity index (χ3v) is 10.8. The summed E-state index contributed by atoms with van der Waals surface area (Å²) in [5.74, 6) is 1.89. The maximum absolute atomic E-state index is 13.7. The summed E-state index contributed by atoms with van der Waals surface area (Å²) in [5.41, 5.74) is 4.45. The van der Waals surface area contributed by atoms with Gasteiger partial charge >= 0.3 is 12.2 Å². The largest absolute Gasteiger partial charge is 0.465 e. The Morgan fingerprint density at radius 1 is 0.593 bits per heavy atom. The zero-order chi connectivity index (χ0) is 40.9. The molecule has 6 aromatic rings. The Labute approximate surface area is 339 Å². The molecule has 0 bridgehead atoms. The van der Waals surface area contributed by atoms with E-state index in [-0.39, 0.29) is 23.9 Å². The summed E-state index contributed by atoms with van der Waals surface area (Å²) in [5, 5.41) is 23.7. The monoisotopic (exact) mass is 794 g/mol. The van der Waals surface area contributed by atoms with E-state index in [1.165, 1.54) is 0 Å². The Morgan fingerprint density at radius 2 is 0.983 bits per heavy atom. The Balaban J connectivity index is 0.898. The lowest BCUT2D eigenvalue weighted by Crippen LogP contribution is -2.42. The van der Waals surface area contributed by atoms with Crippen molar-refractivity contribution in [1.29, 1.82) is 0 Å². The fourth-order valence-corrected chi connectivity index (χ4v) is 7.92. The Morgan fingerprint density at radius 3 is 1.36 bits per heavy atom. The first-order valence-corrected chi connectivity index (χ1v) is 19.4. The highest BCUT2D eigenvalue weighted by Gasteiger charge is 2.38. The standard InChI is InChI=1S/C44H42N8O7/c53-41(37(49-43(55)56)29-9-3-1-4-10-29)51-23-7-13-35(51)39-45-25-33(47-39)27-15-19-31(20-16-27)59-32-21-17-28(18-22-32)34-26-46-40(48-34)36-14-8-24-52(36)42(54)38(50-44(57)58)30-11-5-2-6-12-30/h1-6,9-12,15-22,25-26,35-38,49-50H,7-8,13-14,23-24H2,(H,45,47)(H,46,48)(H,55,56)(H,57,58)/t35-,36?,37+,38?/m0/s1. The van der Waals surface area contributed by atoms with Gasteiger partial charge in [-0.1, -0.05) is 60.7 Å². The average molecular weight is 795 g/mol. The van der Waals surface area contributed by atoms with Crippen molar-refractivity contribution in [2.24, 2.45) is 0 Å². The number of H-pyrrole nitrogens is 2. The first kappa shape index (κ1) is 38.5.